The third kappa shape index (κ3) is 8.86. The molecule has 2 heteroatoms. The summed E-state index contributed by atoms with van der Waals surface area (Å²) in [6.07, 6.45) is 12.3. The van der Waals surface area contributed by atoms with Crippen LogP contribution < -0.4 is 5.32 Å². The van der Waals surface area contributed by atoms with Gasteiger partial charge in [-0.3, -0.25) is 4.79 Å². The Balaban J connectivity index is 2.00. The second-order valence-corrected chi connectivity index (χ2v) is 6.28. The molecule has 0 saturated heterocycles. The zero-order valence-corrected chi connectivity index (χ0v) is 14.4. The summed E-state index contributed by atoms with van der Waals surface area (Å²) in [7, 11) is 0. The van der Waals surface area contributed by atoms with Crippen molar-refractivity contribution in [1.29, 1.82) is 0 Å². The van der Waals surface area contributed by atoms with E-state index >= 15 is 0 Å². The summed E-state index contributed by atoms with van der Waals surface area (Å²) in [6, 6.07) is 10.2. The number of hydrogen-bond donors (Lipinski definition) is 1. The third-order valence-electron chi connectivity index (χ3n) is 4.18. The van der Waals surface area contributed by atoms with Gasteiger partial charge in [-0.25, -0.2) is 0 Å². The molecule has 2 nitrogen and oxygen atoms in total. The van der Waals surface area contributed by atoms with Crippen LogP contribution in [0.15, 0.2) is 30.3 Å². The molecular weight excluding hydrogens is 270 g/mol. The molecule has 1 rings (SSSR count). The summed E-state index contributed by atoms with van der Waals surface area (Å²) in [6.45, 7) is 4.30. The number of benzene rings is 1. The first-order chi connectivity index (χ1) is 10.7. The van der Waals surface area contributed by atoms with Crippen molar-refractivity contribution in [2.24, 2.45) is 0 Å². The topological polar surface area (TPSA) is 29.1 Å². The van der Waals surface area contributed by atoms with Gasteiger partial charge < -0.3 is 5.32 Å². The van der Waals surface area contributed by atoms with Crippen molar-refractivity contribution in [2.45, 2.75) is 84.1 Å². The molecule has 0 aromatic heterocycles. The maximum Gasteiger partial charge on any atom is 0.220 e. The van der Waals surface area contributed by atoms with Crippen LogP contribution in [-0.4, -0.2) is 5.91 Å². The largest absolute Gasteiger partial charge is 0.350 e. The molecule has 22 heavy (non-hydrogen) atoms. The molecule has 0 spiro atoms. The Kier molecular flexibility index (Phi) is 10.4. The highest BCUT2D eigenvalue weighted by Gasteiger charge is 2.08. The minimum Gasteiger partial charge on any atom is -0.350 e. The Morgan fingerprint density at radius 2 is 1.45 bits per heavy atom. The van der Waals surface area contributed by atoms with Crippen LogP contribution >= 0.6 is 0 Å². The molecule has 1 atom stereocenters. The monoisotopic (exact) mass is 303 g/mol. The van der Waals surface area contributed by atoms with E-state index < -0.39 is 0 Å². The van der Waals surface area contributed by atoms with Gasteiger partial charge >= 0.3 is 0 Å². The highest BCUT2D eigenvalue weighted by atomic mass is 16.1. The lowest BCUT2D eigenvalue weighted by Gasteiger charge is -2.14. The number of nitrogens with one attached hydrogen (secondary N) is 1. The summed E-state index contributed by atoms with van der Waals surface area (Å²) >= 11 is 0. The van der Waals surface area contributed by atoms with E-state index in [0.717, 1.165) is 6.42 Å². The van der Waals surface area contributed by atoms with Crippen molar-refractivity contribution in [3.05, 3.63) is 35.9 Å². The van der Waals surface area contributed by atoms with Gasteiger partial charge in [0.2, 0.25) is 5.91 Å². The molecule has 0 unspecified atom stereocenters. The lowest BCUT2D eigenvalue weighted by atomic mass is 10.1. The van der Waals surface area contributed by atoms with Gasteiger partial charge in [-0.1, -0.05) is 88.6 Å². The first-order valence-corrected chi connectivity index (χ1v) is 9.08. The quantitative estimate of drug-likeness (QED) is 0.487. The number of unbranched alkanes of at least 4 members (excludes halogenated alkanes) is 8. The number of carbonyl (C=O) groups is 1. The van der Waals surface area contributed by atoms with Crippen LogP contribution in [0.4, 0.5) is 0 Å². The lowest BCUT2D eigenvalue weighted by molar-refractivity contribution is -0.121. The minimum absolute atomic E-state index is 0.104. The number of carbonyl (C=O) groups excluding carboxylic acids is 1. The smallest absolute Gasteiger partial charge is 0.220 e. The van der Waals surface area contributed by atoms with E-state index in [4.69, 9.17) is 0 Å². The average molecular weight is 303 g/mol. The fourth-order valence-corrected chi connectivity index (χ4v) is 2.73. The number of amides is 1. The van der Waals surface area contributed by atoms with E-state index in [1.807, 2.05) is 25.1 Å². The van der Waals surface area contributed by atoms with Crippen molar-refractivity contribution in [3.63, 3.8) is 0 Å². The van der Waals surface area contributed by atoms with Crippen LogP contribution in [0.5, 0.6) is 0 Å². The first-order valence-electron chi connectivity index (χ1n) is 9.08. The standard InChI is InChI=1S/C20H33NO/c1-3-4-5-6-7-8-9-10-14-17-20(22)21-18(2)19-15-12-11-13-16-19/h11-13,15-16,18H,3-10,14,17H2,1-2H3,(H,21,22)/t18-/m0/s1. The van der Waals surface area contributed by atoms with Crippen LogP contribution in [-0.2, 0) is 4.79 Å². The number of hydrogen-bond acceptors (Lipinski definition) is 1. The summed E-state index contributed by atoms with van der Waals surface area (Å²) in [5, 5.41) is 3.08. The van der Waals surface area contributed by atoms with Crippen molar-refractivity contribution in [1.82, 2.24) is 5.32 Å². The third-order valence-corrected chi connectivity index (χ3v) is 4.18. The molecule has 0 saturated carbocycles. The molecule has 0 aliphatic carbocycles. The van der Waals surface area contributed by atoms with Crippen LogP contribution in [0, 0.1) is 0 Å². The molecule has 0 fully saturated rings. The van der Waals surface area contributed by atoms with Gasteiger partial charge in [0, 0.05) is 6.42 Å². The van der Waals surface area contributed by atoms with Gasteiger partial charge in [-0.2, -0.15) is 0 Å². The van der Waals surface area contributed by atoms with Crippen LogP contribution in [0.2, 0.25) is 0 Å². The maximum absolute atomic E-state index is 11.9. The normalized spacial score (nSPS) is 12.1. The molecule has 1 aromatic rings. The van der Waals surface area contributed by atoms with Gasteiger partial charge in [0.05, 0.1) is 6.04 Å². The molecule has 0 radical (unpaired) electrons. The van der Waals surface area contributed by atoms with Crippen molar-refractivity contribution < 1.29 is 4.79 Å². The average Bonchev–Trinajstić information content (AvgIpc) is 2.54. The van der Waals surface area contributed by atoms with Gasteiger partial charge in [0.15, 0.2) is 0 Å². The van der Waals surface area contributed by atoms with Crippen molar-refractivity contribution >= 4 is 5.91 Å². The molecule has 1 amide bonds. The Bertz CT molecular complexity index is 388. The van der Waals surface area contributed by atoms with Crippen molar-refractivity contribution in [3.8, 4) is 0 Å². The van der Waals surface area contributed by atoms with Crippen LogP contribution in [0.3, 0.4) is 0 Å². The second-order valence-electron chi connectivity index (χ2n) is 6.28. The highest BCUT2D eigenvalue weighted by Crippen LogP contribution is 2.13. The molecule has 124 valence electrons. The van der Waals surface area contributed by atoms with Gasteiger partial charge in [-0.15, -0.1) is 0 Å². The fourth-order valence-electron chi connectivity index (χ4n) is 2.73. The first kappa shape index (κ1) is 18.7. The Hall–Kier alpha value is -1.31. The summed E-state index contributed by atoms with van der Waals surface area (Å²) in [4.78, 5) is 11.9. The van der Waals surface area contributed by atoms with E-state index in [1.165, 1.54) is 56.9 Å². The van der Waals surface area contributed by atoms with Gasteiger partial charge in [0.25, 0.3) is 0 Å². The Morgan fingerprint density at radius 1 is 0.909 bits per heavy atom. The summed E-state index contributed by atoms with van der Waals surface area (Å²) < 4.78 is 0. The summed E-state index contributed by atoms with van der Waals surface area (Å²) in [5.41, 5.74) is 1.17. The highest BCUT2D eigenvalue weighted by molar-refractivity contribution is 5.76. The van der Waals surface area contributed by atoms with Gasteiger partial charge in [-0.05, 0) is 18.9 Å². The number of rotatable bonds is 12. The molecular formula is C20H33NO. The van der Waals surface area contributed by atoms with E-state index in [0.29, 0.717) is 6.42 Å². The molecule has 0 aliphatic rings. The second kappa shape index (κ2) is 12.3. The Labute approximate surface area is 136 Å². The molecule has 0 aliphatic heterocycles. The maximum atomic E-state index is 11.9. The van der Waals surface area contributed by atoms with Crippen LogP contribution in [0.25, 0.3) is 0 Å². The molecule has 1 N–H and O–H groups in total. The predicted molar refractivity (Wildman–Crippen MR) is 94.8 cm³/mol. The van der Waals surface area contributed by atoms with E-state index in [9.17, 15) is 4.79 Å². The van der Waals surface area contributed by atoms with Crippen LogP contribution in [0.1, 0.15) is 89.7 Å². The molecule has 0 bridgehead atoms. The SMILES string of the molecule is CCCCCCCCCCCC(=O)N[C@@H](C)c1ccccc1. The Morgan fingerprint density at radius 3 is 2.05 bits per heavy atom. The van der Waals surface area contributed by atoms with E-state index in [1.54, 1.807) is 0 Å². The van der Waals surface area contributed by atoms with E-state index in [2.05, 4.69) is 24.4 Å². The fraction of sp³-hybridized carbons (Fsp3) is 0.650. The lowest BCUT2D eigenvalue weighted by Crippen LogP contribution is -2.26. The zero-order valence-electron chi connectivity index (χ0n) is 14.4. The van der Waals surface area contributed by atoms with Gasteiger partial charge in [0.1, 0.15) is 0 Å². The summed E-state index contributed by atoms with van der Waals surface area (Å²) in [5.74, 6) is 0.180. The minimum atomic E-state index is 0.104. The van der Waals surface area contributed by atoms with E-state index in [-0.39, 0.29) is 11.9 Å². The molecule has 1 aromatic carbocycles. The van der Waals surface area contributed by atoms with Crippen molar-refractivity contribution in [2.75, 3.05) is 0 Å². The predicted octanol–water partition coefficient (Wildman–Crippen LogP) is 5.78. The zero-order chi connectivity index (χ0) is 16.0. The molecule has 0 heterocycles.